The van der Waals surface area contributed by atoms with E-state index in [0.717, 1.165) is 47.7 Å². The van der Waals surface area contributed by atoms with Gasteiger partial charge >= 0.3 is 23.9 Å². The fourth-order valence-corrected chi connectivity index (χ4v) is 5.15. The highest BCUT2D eigenvalue weighted by molar-refractivity contribution is 6.22. The first-order valence-electron chi connectivity index (χ1n) is 12.4. The van der Waals surface area contributed by atoms with Crippen LogP contribution in [0.15, 0.2) is 44.6 Å². The third kappa shape index (κ3) is 4.91. The van der Waals surface area contributed by atoms with Crippen LogP contribution in [0.25, 0.3) is 22.2 Å². The average Bonchev–Trinajstić information content (AvgIpc) is 3.09. The molecular weight excluding hydrogens is 510 g/mol. The van der Waals surface area contributed by atoms with E-state index in [2.05, 4.69) is 5.32 Å². The molecule has 1 saturated carbocycles. The Morgan fingerprint density at radius 3 is 2.05 bits per heavy atom. The lowest BCUT2D eigenvalue weighted by atomic mass is 9.87. The third-order valence-corrected chi connectivity index (χ3v) is 6.98. The van der Waals surface area contributed by atoms with Crippen molar-refractivity contribution in [1.29, 1.82) is 0 Å². The monoisotopic (exact) mass is 539 g/mol. The molecule has 11 heteroatoms. The second-order valence-corrected chi connectivity index (χ2v) is 9.12. The summed E-state index contributed by atoms with van der Waals surface area (Å²) in [5.74, 6) is -6.16. The third-order valence-electron chi connectivity index (χ3n) is 6.98. The molecule has 0 spiro atoms. The zero-order valence-electron chi connectivity index (χ0n) is 22.1. The van der Waals surface area contributed by atoms with Crippen LogP contribution in [0.3, 0.4) is 0 Å². The summed E-state index contributed by atoms with van der Waals surface area (Å²) in [4.78, 5) is 67.5. The van der Waals surface area contributed by atoms with Gasteiger partial charge in [-0.3, -0.25) is 9.59 Å². The lowest BCUT2D eigenvalue weighted by Crippen LogP contribution is -2.48. The number of carbonyl (C=O) groups excluding carboxylic acids is 4. The number of benzene rings is 1. The first kappa shape index (κ1) is 27.6. The molecular formula is C28H29NO10. The van der Waals surface area contributed by atoms with E-state index in [4.69, 9.17) is 23.4 Å². The number of ether oxygens (including phenoxy) is 4. The number of esters is 4. The van der Waals surface area contributed by atoms with Crippen LogP contribution in [0.2, 0.25) is 0 Å². The molecule has 1 N–H and O–H groups in total. The summed E-state index contributed by atoms with van der Waals surface area (Å²) >= 11 is 0. The molecule has 2 aromatic rings. The Balaban J connectivity index is 2.35. The van der Waals surface area contributed by atoms with Crippen molar-refractivity contribution in [3.63, 3.8) is 0 Å². The lowest BCUT2D eigenvalue weighted by Gasteiger charge is -2.26. The molecule has 1 aromatic carbocycles. The number of para-hydroxylation sites is 1. The van der Waals surface area contributed by atoms with Crippen molar-refractivity contribution >= 4 is 46.1 Å². The maximum atomic E-state index is 14.1. The van der Waals surface area contributed by atoms with Crippen molar-refractivity contribution in [3.05, 3.63) is 56.3 Å². The van der Waals surface area contributed by atoms with Crippen LogP contribution in [-0.4, -0.2) is 58.4 Å². The fourth-order valence-electron chi connectivity index (χ4n) is 5.15. The van der Waals surface area contributed by atoms with Crippen LogP contribution in [0.5, 0.6) is 0 Å². The number of methoxy groups -OCH3 is 4. The second-order valence-electron chi connectivity index (χ2n) is 9.12. The van der Waals surface area contributed by atoms with Crippen molar-refractivity contribution in [1.82, 2.24) is 5.32 Å². The molecule has 1 aromatic heterocycles. The van der Waals surface area contributed by atoms with E-state index in [9.17, 15) is 24.0 Å². The molecule has 2 aliphatic rings. The van der Waals surface area contributed by atoms with Gasteiger partial charge in [0.1, 0.15) is 11.5 Å². The largest absolute Gasteiger partial charge is 0.468 e. The molecule has 0 bridgehead atoms. The Hall–Kier alpha value is -4.41. The van der Waals surface area contributed by atoms with Crippen molar-refractivity contribution in [2.45, 2.75) is 38.1 Å². The number of rotatable bonds is 6. The summed E-state index contributed by atoms with van der Waals surface area (Å²) in [6.45, 7) is 0. The van der Waals surface area contributed by atoms with Crippen LogP contribution < -0.4 is 21.4 Å². The maximum Gasteiger partial charge on any atom is 0.340 e. The quantitative estimate of drug-likeness (QED) is 0.406. The first-order chi connectivity index (χ1) is 18.8. The summed E-state index contributed by atoms with van der Waals surface area (Å²) in [5.41, 5.74) is -2.40. The van der Waals surface area contributed by atoms with E-state index in [1.807, 2.05) is 0 Å². The van der Waals surface area contributed by atoms with E-state index < -0.39 is 51.9 Å². The smallest absolute Gasteiger partial charge is 0.340 e. The molecule has 1 atom stereocenters. The summed E-state index contributed by atoms with van der Waals surface area (Å²) in [5, 5.41) is 3.20. The van der Waals surface area contributed by atoms with Gasteiger partial charge in [-0.1, -0.05) is 31.4 Å². The number of hydrogen-bond acceptors (Lipinski definition) is 11. The molecule has 11 nitrogen and oxygen atoms in total. The van der Waals surface area contributed by atoms with Crippen LogP contribution in [0, 0.1) is 5.92 Å². The zero-order chi connectivity index (χ0) is 28.3. The van der Waals surface area contributed by atoms with E-state index in [1.165, 1.54) is 12.1 Å². The van der Waals surface area contributed by atoms with Gasteiger partial charge in [0.25, 0.3) is 0 Å². The van der Waals surface area contributed by atoms with Crippen LogP contribution in [0.1, 0.15) is 32.1 Å². The fraction of sp³-hybridized carbons (Fsp3) is 0.393. The normalized spacial score (nSPS) is 17.7. The van der Waals surface area contributed by atoms with Crippen LogP contribution >= 0.6 is 0 Å². The molecule has 0 amide bonds. The molecule has 4 rings (SSSR count). The Morgan fingerprint density at radius 1 is 0.821 bits per heavy atom. The van der Waals surface area contributed by atoms with Gasteiger partial charge in [-0.2, -0.15) is 0 Å². The molecule has 1 heterocycles. The summed E-state index contributed by atoms with van der Waals surface area (Å²) < 4.78 is 26.1. The van der Waals surface area contributed by atoms with Gasteiger partial charge in [-0.15, -0.1) is 0 Å². The maximum absolute atomic E-state index is 14.1. The van der Waals surface area contributed by atoms with E-state index in [0.29, 0.717) is 12.8 Å². The molecule has 2 aliphatic carbocycles. The predicted octanol–water partition coefficient (Wildman–Crippen LogP) is 0.593. The van der Waals surface area contributed by atoms with Gasteiger partial charge in [0.15, 0.2) is 5.42 Å². The molecule has 0 saturated heterocycles. The molecule has 206 valence electrons. The minimum Gasteiger partial charge on any atom is -0.468 e. The highest BCUT2D eigenvalue weighted by atomic mass is 16.5. The van der Waals surface area contributed by atoms with Gasteiger partial charge in [0.05, 0.1) is 61.5 Å². The topological polar surface area (TPSA) is 147 Å². The standard InChI is InChI=1S/C28H29NO10/c1-35-25(31)17-18(26(32)36-2)20(28(34)38-4)24-21(23(30)15-12-8-9-13-16(15)39-24)22(19(17)27(33)37-3)29-14-10-6-5-7-11-14/h8-9,12-14,18,29H,5-7,10-11H2,1-4H3. The molecule has 0 aliphatic heterocycles. The van der Waals surface area contributed by atoms with Crippen molar-refractivity contribution in [2.24, 2.45) is 5.92 Å². The van der Waals surface area contributed by atoms with E-state index >= 15 is 0 Å². The Labute approximate surface area is 223 Å². The van der Waals surface area contributed by atoms with Gasteiger partial charge in [-0.05, 0) is 25.0 Å². The van der Waals surface area contributed by atoms with Crippen molar-refractivity contribution < 1.29 is 42.5 Å². The molecule has 1 fully saturated rings. The van der Waals surface area contributed by atoms with Crippen LogP contribution in [-0.2, 0) is 38.1 Å². The van der Waals surface area contributed by atoms with Crippen molar-refractivity contribution in [3.8, 4) is 0 Å². The zero-order valence-corrected chi connectivity index (χ0v) is 22.1. The average molecular weight is 540 g/mol. The lowest BCUT2D eigenvalue weighted by molar-refractivity contribution is -0.147. The highest BCUT2D eigenvalue weighted by Gasteiger charge is 2.45. The van der Waals surface area contributed by atoms with Gasteiger partial charge in [0.2, 0.25) is 5.43 Å². The predicted molar refractivity (Wildman–Crippen MR) is 137 cm³/mol. The Kier molecular flexibility index (Phi) is 8.18. The van der Waals surface area contributed by atoms with E-state index in [-0.39, 0.29) is 33.3 Å². The minimum atomic E-state index is -1.85. The number of nitrogens with one attached hydrogen (secondary N) is 1. The van der Waals surface area contributed by atoms with Gasteiger partial charge in [-0.25, -0.2) is 14.4 Å². The summed E-state index contributed by atoms with van der Waals surface area (Å²) in [7, 11) is 4.27. The summed E-state index contributed by atoms with van der Waals surface area (Å²) in [6, 6.07) is 6.13. The van der Waals surface area contributed by atoms with Gasteiger partial charge < -0.3 is 28.7 Å². The number of hydrogen-bond donors (Lipinski definition) is 1. The number of fused-ring (bicyclic) bond motifs is 2. The van der Waals surface area contributed by atoms with Crippen molar-refractivity contribution in [2.75, 3.05) is 28.4 Å². The number of carbonyl (C=O) groups is 4. The first-order valence-corrected chi connectivity index (χ1v) is 12.4. The van der Waals surface area contributed by atoms with Gasteiger partial charge in [0, 0.05) is 6.04 Å². The molecule has 0 radical (unpaired) electrons. The van der Waals surface area contributed by atoms with E-state index in [1.54, 1.807) is 12.1 Å². The van der Waals surface area contributed by atoms with Crippen LogP contribution in [0.4, 0.5) is 0 Å². The summed E-state index contributed by atoms with van der Waals surface area (Å²) in [6.07, 6.45) is 4.25. The second kappa shape index (κ2) is 11.5. The highest BCUT2D eigenvalue weighted by Crippen LogP contribution is 2.33. The minimum absolute atomic E-state index is 0.101. The molecule has 1 unspecified atom stereocenters. The Morgan fingerprint density at radius 2 is 1.44 bits per heavy atom. The SMILES string of the molecule is COC(=O)C1=C(C(=O)OC)C(C(=O)OC)C(C(=O)OC)=c2oc3ccccc3c(=O)c2=C1NC1CCCCC1. The molecule has 39 heavy (non-hydrogen) atoms. The Bertz CT molecular complexity index is 1560.